The third-order valence-electron chi connectivity index (χ3n) is 5.20. The molecule has 0 aliphatic carbocycles. The van der Waals surface area contributed by atoms with Crippen molar-refractivity contribution >= 4 is 46.1 Å². The van der Waals surface area contributed by atoms with Crippen molar-refractivity contribution in [1.82, 2.24) is 20.9 Å². The standard InChI is InChI=1S/C24H26ClN5O4/c1-14(31)29-21(10-16-12-27-19-8-7-17(25)11-18(16)19)24(34)30-20(23(33)28-13-22(26)32)9-15-5-3-2-4-6-15/h2-8,11-12,20-21,27H,9-10,13H2,1H3,(H2,26,32)(H,28,33)(H,29,31)(H,30,34)/t20-,21+/m0/s1. The predicted octanol–water partition coefficient (Wildman–Crippen LogP) is 1.20. The highest BCUT2D eigenvalue weighted by Crippen LogP contribution is 2.23. The molecule has 6 N–H and O–H groups in total. The molecule has 178 valence electrons. The Bertz CT molecular complexity index is 1190. The monoisotopic (exact) mass is 483 g/mol. The van der Waals surface area contributed by atoms with Crippen molar-refractivity contribution in [2.24, 2.45) is 5.73 Å². The Labute approximate surface area is 201 Å². The number of carbonyl (C=O) groups excluding carboxylic acids is 4. The second kappa shape index (κ2) is 11.3. The van der Waals surface area contributed by atoms with E-state index in [2.05, 4.69) is 20.9 Å². The van der Waals surface area contributed by atoms with Crippen LogP contribution in [0.4, 0.5) is 0 Å². The minimum atomic E-state index is -0.983. The fourth-order valence-corrected chi connectivity index (χ4v) is 3.79. The highest BCUT2D eigenvalue weighted by atomic mass is 35.5. The third-order valence-corrected chi connectivity index (χ3v) is 5.44. The lowest BCUT2D eigenvalue weighted by Gasteiger charge is -2.23. The van der Waals surface area contributed by atoms with Crippen molar-refractivity contribution < 1.29 is 19.2 Å². The SMILES string of the molecule is CC(=O)N[C@H](Cc1c[nH]c2ccc(Cl)cc12)C(=O)N[C@@H](Cc1ccccc1)C(=O)NCC(N)=O. The lowest BCUT2D eigenvalue weighted by atomic mass is 10.0. The Kier molecular flexibility index (Phi) is 8.26. The molecule has 0 aliphatic heterocycles. The van der Waals surface area contributed by atoms with Crippen LogP contribution in [0.15, 0.2) is 54.7 Å². The first-order chi connectivity index (χ1) is 16.2. The summed E-state index contributed by atoms with van der Waals surface area (Å²) < 4.78 is 0. The van der Waals surface area contributed by atoms with Gasteiger partial charge in [0.2, 0.25) is 23.6 Å². The molecule has 1 heterocycles. The van der Waals surface area contributed by atoms with Gasteiger partial charge in [0.1, 0.15) is 12.1 Å². The summed E-state index contributed by atoms with van der Waals surface area (Å²) in [6, 6.07) is 12.5. The molecule has 0 radical (unpaired) electrons. The quantitative estimate of drug-likeness (QED) is 0.295. The number of benzene rings is 2. The van der Waals surface area contributed by atoms with E-state index in [-0.39, 0.29) is 19.4 Å². The zero-order valence-corrected chi connectivity index (χ0v) is 19.3. The first kappa shape index (κ1) is 24.8. The highest BCUT2D eigenvalue weighted by Gasteiger charge is 2.27. The summed E-state index contributed by atoms with van der Waals surface area (Å²) in [5.41, 5.74) is 7.56. The number of hydrogen-bond donors (Lipinski definition) is 5. The smallest absolute Gasteiger partial charge is 0.243 e. The number of fused-ring (bicyclic) bond motifs is 1. The van der Waals surface area contributed by atoms with E-state index in [1.807, 2.05) is 36.4 Å². The van der Waals surface area contributed by atoms with Gasteiger partial charge in [-0.25, -0.2) is 0 Å². The van der Waals surface area contributed by atoms with Crippen LogP contribution in [0.1, 0.15) is 18.1 Å². The maximum Gasteiger partial charge on any atom is 0.243 e. The molecular weight excluding hydrogens is 458 g/mol. The van der Waals surface area contributed by atoms with Crippen LogP contribution in [-0.4, -0.2) is 47.2 Å². The number of carbonyl (C=O) groups is 4. The molecule has 3 rings (SSSR count). The van der Waals surface area contributed by atoms with Gasteiger partial charge in [0.15, 0.2) is 0 Å². The Morgan fingerprint density at radius 2 is 1.68 bits per heavy atom. The summed E-state index contributed by atoms with van der Waals surface area (Å²) in [5.74, 6) is -2.19. The molecule has 0 spiro atoms. The second-order valence-corrected chi connectivity index (χ2v) is 8.33. The topological polar surface area (TPSA) is 146 Å². The van der Waals surface area contributed by atoms with Crippen LogP contribution in [0.3, 0.4) is 0 Å². The Balaban J connectivity index is 1.81. The summed E-state index contributed by atoms with van der Waals surface area (Å²) in [7, 11) is 0. The van der Waals surface area contributed by atoms with Gasteiger partial charge in [-0.05, 0) is 29.3 Å². The zero-order chi connectivity index (χ0) is 24.7. The number of nitrogens with one attached hydrogen (secondary N) is 4. The number of aromatic nitrogens is 1. The Hall–Kier alpha value is -3.85. The van der Waals surface area contributed by atoms with Gasteiger partial charge in [0, 0.05) is 41.9 Å². The number of rotatable bonds is 10. The lowest BCUT2D eigenvalue weighted by molar-refractivity contribution is -0.132. The van der Waals surface area contributed by atoms with Crippen LogP contribution < -0.4 is 21.7 Å². The first-order valence-corrected chi connectivity index (χ1v) is 11.0. The second-order valence-electron chi connectivity index (χ2n) is 7.90. The van der Waals surface area contributed by atoms with E-state index >= 15 is 0 Å². The van der Waals surface area contributed by atoms with Crippen LogP contribution in [-0.2, 0) is 32.0 Å². The van der Waals surface area contributed by atoms with Crippen LogP contribution in [0.5, 0.6) is 0 Å². The van der Waals surface area contributed by atoms with Crippen LogP contribution >= 0.6 is 11.6 Å². The summed E-state index contributed by atoms with van der Waals surface area (Å²) >= 11 is 6.12. The van der Waals surface area contributed by atoms with Crippen molar-refractivity contribution in [1.29, 1.82) is 0 Å². The molecule has 34 heavy (non-hydrogen) atoms. The maximum atomic E-state index is 13.2. The molecule has 0 saturated heterocycles. The van der Waals surface area contributed by atoms with E-state index in [1.54, 1.807) is 18.3 Å². The minimum absolute atomic E-state index is 0.173. The first-order valence-electron chi connectivity index (χ1n) is 10.7. The molecule has 1 aromatic heterocycles. The third kappa shape index (κ3) is 6.82. The Morgan fingerprint density at radius 3 is 2.35 bits per heavy atom. The van der Waals surface area contributed by atoms with Gasteiger partial charge in [-0.2, -0.15) is 0 Å². The average Bonchev–Trinajstić information content (AvgIpc) is 3.18. The van der Waals surface area contributed by atoms with Gasteiger partial charge < -0.3 is 26.7 Å². The number of amides is 4. The molecule has 3 aromatic rings. The minimum Gasteiger partial charge on any atom is -0.368 e. The number of H-pyrrole nitrogens is 1. The normalized spacial score (nSPS) is 12.5. The van der Waals surface area contributed by atoms with Crippen molar-refractivity contribution in [2.45, 2.75) is 31.8 Å². The van der Waals surface area contributed by atoms with E-state index in [1.165, 1.54) is 6.92 Å². The molecular formula is C24H26ClN5O4. The fourth-order valence-electron chi connectivity index (χ4n) is 3.62. The maximum absolute atomic E-state index is 13.2. The van der Waals surface area contributed by atoms with Gasteiger partial charge in [-0.1, -0.05) is 41.9 Å². The number of halogens is 1. The zero-order valence-electron chi connectivity index (χ0n) is 18.6. The Morgan fingerprint density at radius 1 is 0.971 bits per heavy atom. The molecule has 4 amide bonds. The van der Waals surface area contributed by atoms with Crippen molar-refractivity contribution in [3.63, 3.8) is 0 Å². The summed E-state index contributed by atoms with van der Waals surface area (Å²) in [4.78, 5) is 52.0. The molecule has 0 aliphatic rings. The number of primary amides is 1. The molecule has 10 heteroatoms. The molecule has 2 aromatic carbocycles. The van der Waals surface area contributed by atoms with Gasteiger partial charge >= 0.3 is 0 Å². The molecule has 2 atom stereocenters. The van der Waals surface area contributed by atoms with E-state index in [0.717, 1.165) is 22.0 Å². The molecule has 0 fully saturated rings. The number of aromatic amines is 1. The molecule has 0 unspecified atom stereocenters. The van der Waals surface area contributed by atoms with E-state index in [4.69, 9.17) is 17.3 Å². The predicted molar refractivity (Wildman–Crippen MR) is 129 cm³/mol. The lowest BCUT2D eigenvalue weighted by Crippen LogP contribution is -2.55. The summed E-state index contributed by atoms with van der Waals surface area (Å²) in [6.07, 6.45) is 2.11. The van der Waals surface area contributed by atoms with Crippen LogP contribution in [0.2, 0.25) is 5.02 Å². The van der Waals surface area contributed by atoms with E-state index in [0.29, 0.717) is 5.02 Å². The average molecular weight is 484 g/mol. The number of hydrogen-bond acceptors (Lipinski definition) is 4. The fraction of sp³-hybridized carbons (Fsp3) is 0.250. The van der Waals surface area contributed by atoms with Crippen molar-refractivity contribution in [2.75, 3.05) is 6.54 Å². The van der Waals surface area contributed by atoms with Gasteiger partial charge in [-0.3, -0.25) is 19.2 Å². The van der Waals surface area contributed by atoms with Crippen molar-refractivity contribution in [3.8, 4) is 0 Å². The summed E-state index contributed by atoms with van der Waals surface area (Å²) in [5, 5.41) is 9.17. The summed E-state index contributed by atoms with van der Waals surface area (Å²) in [6.45, 7) is 0.957. The molecule has 0 saturated carbocycles. The van der Waals surface area contributed by atoms with Gasteiger partial charge in [-0.15, -0.1) is 0 Å². The van der Waals surface area contributed by atoms with Gasteiger partial charge in [0.25, 0.3) is 0 Å². The van der Waals surface area contributed by atoms with E-state index < -0.39 is 35.7 Å². The largest absolute Gasteiger partial charge is 0.368 e. The molecule has 9 nitrogen and oxygen atoms in total. The van der Waals surface area contributed by atoms with Crippen LogP contribution in [0.25, 0.3) is 10.9 Å². The van der Waals surface area contributed by atoms with E-state index in [9.17, 15) is 19.2 Å². The highest BCUT2D eigenvalue weighted by molar-refractivity contribution is 6.31. The van der Waals surface area contributed by atoms with Crippen molar-refractivity contribution in [3.05, 3.63) is 70.9 Å². The van der Waals surface area contributed by atoms with Gasteiger partial charge in [0.05, 0.1) is 6.54 Å². The molecule has 0 bridgehead atoms. The van der Waals surface area contributed by atoms with Crippen LogP contribution in [0, 0.1) is 0 Å². The number of nitrogens with two attached hydrogens (primary N) is 1.